The van der Waals surface area contributed by atoms with Crippen molar-refractivity contribution in [3.8, 4) is 39.7 Å². The van der Waals surface area contributed by atoms with Gasteiger partial charge in [-0.1, -0.05) is 23.4 Å². The molecule has 1 aliphatic carbocycles. The zero-order valence-corrected chi connectivity index (χ0v) is 19.7. The maximum atomic E-state index is 9.27. The average molecular weight is 470 g/mol. The summed E-state index contributed by atoms with van der Waals surface area (Å²) in [6.07, 6.45) is 3.18. The van der Waals surface area contributed by atoms with E-state index in [2.05, 4.69) is 26.1 Å². The van der Waals surface area contributed by atoms with Crippen molar-refractivity contribution in [3.63, 3.8) is 0 Å². The molecule has 0 fully saturated rings. The monoisotopic (exact) mass is 469 g/mol. The first kappa shape index (κ1) is 22.6. The third-order valence-electron chi connectivity index (χ3n) is 6.06. The molecular formula is C27H27N5O3. The lowest BCUT2D eigenvalue weighted by Gasteiger charge is -2.11. The number of aryl methyl sites for hydroxylation is 1. The molecule has 0 aliphatic heterocycles. The summed E-state index contributed by atoms with van der Waals surface area (Å²) in [6.45, 7) is 1.47. The predicted molar refractivity (Wildman–Crippen MR) is 136 cm³/mol. The van der Waals surface area contributed by atoms with E-state index in [9.17, 15) is 5.21 Å². The van der Waals surface area contributed by atoms with Crippen LogP contribution < -0.4 is 10.5 Å². The van der Waals surface area contributed by atoms with E-state index in [-0.39, 0.29) is 5.95 Å². The Morgan fingerprint density at radius 2 is 1.83 bits per heavy atom. The first-order chi connectivity index (χ1) is 17.0. The molecule has 5 rings (SSSR count). The molecule has 2 heterocycles. The second-order valence-electron chi connectivity index (χ2n) is 8.75. The second-order valence-corrected chi connectivity index (χ2v) is 8.75. The third-order valence-corrected chi connectivity index (χ3v) is 6.06. The SMILES string of the molecule is CN(C)CCOc1ccc(-c2cc(-c3ccc4c(c3)CCC4=NO)c(-c3ccnc(N)n3)o2)cc1. The average Bonchev–Trinajstić information content (AvgIpc) is 3.48. The van der Waals surface area contributed by atoms with Crippen LogP contribution >= 0.6 is 0 Å². The molecule has 0 unspecified atom stereocenters. The van der Waals surface area contributed by atoms with Crippen LogP contribution in [0.15, 0.2) is 70.4 Å². The molecule has 0 bridgehead atoms. The minimum Gasteiger partial charge on any atom is -0.492 e. The number of hydrogen-bond donors (Lipinski definition) is 2. The minimum atomic E-state index is 0.184. The highest BCUT2D eigenvalue weighted by atomic mass is 16.5. The molecular weight excluding hydrogens is 442 g/mol. The van der Waals surface area contributed by atoms with E-state index >= 15 is 0 Å². The Morgan fingerprint density at radius 3 is 2.57 bits per heavy atom. The molecule has 0 saturated carbocycles. The zero-order chi connectivity index (χ0) is 24.4. The first-order valence-corrected chi connectivity index (χ1v) is 11.5. The van der Waals surface area contributed by atoms with Crippen LogP contribution in [0.4, 0.5) is 5.95 Å². The number of oxime groups is 1. The summed E-state index contributed by atoms with van der Waals surface area (Å²) >= 11 is 0. The molecule has 0 spiro atoms. The molecule has 0 radical (unpaired) electrons. The van der Waals surface area contributed by atoms with Crippen molar-refractivity contribution < 1.29 is 14.4 Å². The molecule has 4 aromatic rings. The number of nitrogen functional groups attached to an aromatic ring is 1. The van der Waals surface area contributed by atoms with Crippen LogP contribution in [-0.2, 0) is 6.42 Å². The maximum Gasteiger partial charge on any atom is 0.220 e. The normalized spacial score (nSPS) is 14.0. The molecule has 2 aromatic heterocycles. The molecule has 0 amide bonds. The fourth-order valence-electron chi connectivity index (χ4n) is 4.24. The Balaban J connectivity index is 1.52. The Labute approximate surface area is 203 Å². The Bertz CT molecular complexity index is 1380. The van der Waals surface area contributed by atoms with Gasteiger partial charge in [0, 0.05) is 29.4 Å². The van der Waals surface area contributed by atoms with Crippen molar-refractivity contribution in [3.05, 3.63) is 71.9 Å². The summed E-state index contributed by atoms with van der Waals surface area (Å²) in [5, 5.41) is 12.7. The number of anilines is 1. The summed E-state index contributed by atoms with van der Waals surface area (Å²) in [5.74, 6) is 2.33. The van der Waals surface area contributed by atoms with Gasteiger partial charge < -0.3 is 25.0 Å². The highest BCUT2D eigenvalue weighted by Gasteiger charge is 2.22. The molecule has 3 N–H and O–H groups in total. The van der Waals surface area contributed by atoms with Crippen LogP contribution in [0.2, 0.25) is 0 Å². The third kappa shape index (κ3) is 4.74. The number of fused-ring (bicyclic) bond motifs is 1. The van der Waals surface area contributed by atoms with Gasteiger partial charge in [-0.25, -0.2) is 9.97 Å². The van der Waals surface area contributed by atoms with Crippen molar-refractivity contribution in [1.29, 1.82) is 0 Å². The fraction of sp³-hybridized carbons (Fsp3) is 0.222. The standard InChI is InChI=1S/C27H27N5O3/c1-32(2)13-14-34-20-7-3-17(4-8-20)25-16-22(26(35-25)24-11-12-29-27(28)30-24)19-5-9-21-18(15-19)6-10-23(21)31-33/h3-5,7-9,11-12,15-16,33H,6,10,13-14H2,1-2H3,(H2,28,29,30). The summed E-state index contributed by atoms with van der Waals surface area (Å²) in [6, 6.07) is 17.8. The van der Waals surface area contributed by atoms with E-state index in [1.54, 1.807) is 12.3 Å². The number of benzene rings is 2. The number of nitrogens with two attached hydrogens (primary N) is 1. The van der Waals surface area contributed by atoms with Crippen LogP contribution in [0, 0.1) is 0 Å². The van der Waals surface area contributed by atoms with Gasteiger partial charge in [0.05, 0.1) is 5.71 Å². The van der Waals surface area contributed by atoms with E-state index in [0.717, 1.165) is 58.7 Å². The first-order valence-electron chi connectivity index (χ1n) is 11.5. The number of hydrogen-bond acceptors (Lipinski definition) is 8. The van der Waals surface area contributed by atoms with E-state index in [1.807, 2.05) is 56.6 Å². The number of likely N-dealkylation sites (N-methyl/N-ethyl adjacent to an activating group) is 1. The van der Waals surface area contributed by atoms with E-state index in [4.69, 9.17) is 14.9 Å². The minimum absolute atomic E-state index is 0.184. The van der Waals surface area contributed by atoms with Gasteiger partial charge in [-0.2, -0.15) is 0 Å². The van der Waals surface area contributed by atoms with Crippen LogP contribution in [-0.4, -0.2) is 53.0 Å². The zero-order valence-electron chi connectivity index (χ0n) is 19.7. The number of aromatic nitrogens is 2. The van der Waals surface area contributed by atoms with Gasteiger partial charge >= 0.3 is 0 Å². The summed E-state index contributed by atoms with van der Waals surface area (Å²) in [7, 11) is 4.04. The van der Waals surface area contributed by atoms with Crippen molar-refractivity contribution in [2.45, 2.75) is 12.8 Å². The molecule has 0 saturated heterocycles. The van der Waals surface area contributed by atoms with E-state index in [0.29, 0.717) is 23.8 Å². The molecule has 178 valence electrons. The maximum absolute atomic E-state index is 9.27. The smallest absolute Gasteiger partial charge is 0.220 e. The molecule has 35 heavy (non-hydrogen) atoms. The van der Waals surface area contributed by atoms with Crippen LogP contribution in [0.3, 0.4) is 0 Å². The van der Waals surface area contributed by atoms with Gasteiger partial charge in [-0.15, -0.1) is 0 Å². The van der Waals surface area contributed by atoms with Gasteiger partial charge in [0.25, 0.3) is 0 Å². The Kier molecular flexibility index (Phi) is 6.20. The van der Waals surface area contributed by atoms with Gasteiger partial charge in [0.15, 0.2) is 5.76 Å². The van der Waals surface area contributed by atoms with Crippen molar-refractivity contribution in [2.24, 2.45) is 5.16 Å². The van der Waals surface area contributed by atoms with Gasteiger partial charge in [0.2, 0.25) is 5.95 Å². The molecule has 0 atom stereocenters. The number of rotatable bonds is 7. The summed E-state index contributed by atoms with van der Waals surface area (Å²) < 4.78 is 12.2. The van der Waals surface area contributed by atoms with Crippen LogP contribution in [0.25, 0.3) is 33.9 Å². The quantitative estimate of drug-likeness (QED) is 0.298. The topological polar surface area (TPSA) is 110 Å². The van der Waals surface area contributed by atoms with Crippen LogP contribution in [0.1, 0.15) is 17.5 Å². The number of ether oxygens (including phenoxy) is 1. The fourth-order valence-corrected chi connectivity index (χ4v) is 4.24. The van der Waals surface area contributed by atoms with E-state index < -0.39 is 0 Å². The van der Waals surface area contributed by atoms with Crippen molar-refractivity contribution >= 4 is 11.7 Å². The lowest BCUT2D eigenvalue weighted by Crippen LogP contribution is -2.19. The van der Waals surface area contributed by atoms with Crippen molar-refractivity contribution in [2.75, 3.05) is 33.0 Å². The highest BCUT2D eigenvalue weighted by Crippen LogP contribution is 2.40. The van der Waals surface area contributed by atoms with Gasteiger partial charge in [0.1, 0.15) is 23.8 Å². The highest BCUT2D eigenvalue weighted by molar-refractivity contribution is 6.04. The lowest BCUT2D eigenvalue weighted by atomic mass is 9.99. The number of furan rings is 1. The van der Waals surface area contributed by atoms with E-state index in [1.165, 1.54) is 0 Å². The number of nitrogens with zero attached hydrogens (tertiary/aromatic N) is 4. The van der Waals surface area contributed by atoms with Crippen molar-refractivity contribution in [1.82, 2.24) is 14.9 Å². The molecule has 8 nitrogen and oxygen atoms in total. The summed E-state index contributed by atoms with van der Waals surface area (Å²) in [4.78, 5) is 10.5. The van der Waals surface area contributed by atoms with Gasteiger partial charge in [-0.05, 0) is 74.5 Å². The largest absolute Gasteiger partial charge is 0.492 e. The molecule has 8 heteroatoms. The second kappa shape index (κ2) is 9.60. The lowest BCUT2D eigenvalue weighted by molar-refractivity contribution is 0.261. The Morgan fingerprint density at radius 1 is 1.03 bits per heavy atom. The predicted octanol–water partition coefficient (Wildman–Crippen LogP) is 4.72. The summed E-state index contributed by atoms with van der Waals surface area (Å²) in [5.41, 5.74) is 12.1. The molecule has 1 aliphatic rings. The van der Waals surface area contributed by atoms with Crippen LogP contribution in [0.5, 0.6) is 5.75 Å². The van der Waals surface area contributed by atoms with Gasteiger partial charge in [-0.3, -0.25) is 0 Å². The molecule has 2 aromatic carbocycles. The Hall–Kier alpha value is -4.17.